The summed E-state index contributed by atoms with van der Waals surface area (Å²) >= 11 is 1.43. The standard InChI is InChI=1S/C22H27N3O4S/c1-4-6-11-29-21(28)15-7-9-17(10-8-15)24-19(26)16-12-25-20(27)18(5-2)14(3)23-22(25)30-13-16/h7-10,16H,4-6,11-13H2,1-3H3,(H,24,26). The molecule has 1 unspecified atom stereocenters. The van der Waals surface area contributed by atoms with Crippen molar-refractivity contribution in [1.82, 2.24) is 9.55 Å². The first kappa shape index (κ1) is 22.1. The molecule has 1 aromatic carbocycles. The molecule has 0 saturated heterocycles. The molecule has 7 nitrogen and oxygen atoms in total. The van der Waals surface area contributed by atoms with Gasteiger partial charge in [-0.3, -0.25) is 14.2 Å². The van der Waals surface area contributed by atoms with Crippen LogP contribution in [0.2, 0.25) is 0 Å². The predicted molar refractivity (Wildman–Crippen MR) is 117 cm³/mol. The second-order valence-corrected chi connectivity index (χ2v) is 8.28. The Morgan fingerprint density at radius 3 is 2.67 bits per heavy atom. The smallest absolute Gasteiger partial charge is 0.338 e. The highest BCUT2D eigenvalue weighted by Gasteiger charge is 2.28. The first-order valence-electron chi connectivity index (χ1n) is 10.3. The van der Waals surface area contributed by atoms with Crippen LogP contribution in [0.5, 0.6) is 0 Å². The second kappa shape index (κ2) is 9.93. The van der Waals surface area contributed by atoms with E-state index >= 15 is 0 Å². The number of amides is 1. The minimum Gasteiger partial charge on any atom is -0.462 e. The van der Waals surface area contributed by atoms with Crippen molar-refractivity contribution in [2.24, 2.45) is 5.92 Å². The zero-order valence-corrected chi connectivity index (χ0v) is 18.4. The van der Waals surface area contributed by atoms with E-state index in [1.165, 1.54) is 11.8 Å². The van der Waals surface area contributed by atoms with Crippen molar-refractivity contribution in [2.75, 3.05) is 17.7 Å². The summed E-state index contributed by atoms with van der Waals surface area (Å²) in [4.78, 5) is 42.0. The summed E-state index contributed by atoms with van der Waals surface area (Å²) in [5.74, 6) is -0.300. The summed E-state index contributed by atoms with van der Waals surface area (Å²) in [5.41, 5.74) is 2.45. The summed E-state index contributed by atoms with van der Waals surface area (Å²) in [5, 5.41) is 3.55. The van der Waals surface area contributed by atoms with Crippen molar-refractivity contribution in [1.29, 1.82) is 0 Å². The molecule has 0 radical (unpaired) electrons. The molecule has 160 valence electrons. The summed E-state index contributed by atoms with van der Waals surface area (Å²) in [6.07, 6.45) is 2.41. The molecule has 0 aliphatic carbocycles. The van der Waals surface area contributed by atoms with Crippen molar-refractivity contribution in [3.8, 4) is 0 Å². The number of thioether (sulfide) groups is 1. The lowest BCUT2D eigenvalue weighted by atomic mass is 10.1. The molecule has 1 N–H and O–H groups in total. The Labute approximate surface area is 180 Å². The summed E-state index contributed by atoms with van der Waals surface area (Å²) in [7, 11) is 0. The van der Waals surface area contributed by atoms with Crippen LogP contribution < -0.4 is 10.9 Å². The van der Waals surface area contributed by atoms with Gasteiger partial charge in [-0.05, 0) is 44.0 Å². The van der Waals surface area contributed by atoms with Crippen LogP contribution in [0.15, 0.2) is 34.2 Å². The zero-order valence-electron chi connectivity index (χ0n) is 17.6. The highest BCUT2D eigenvalue weighted by atomic mass is 32.2. The van der Waals surface area contributed by atoms with E-state index in [1.54, 1.807) is 28.8 Å². The van der Waals surface area contributed by atoms with E-state index in [2.05, 4.69) is 10.3 Å². The third-order valence-electron chi connectivity index (χ3n) is 5.09. The fourth-order valence-electron chi connectivity index (χ4n) is 3.29. The van der Waals surface area contributed by atoms with E-state index < -0.39 is 0 Å². The Hall–Kier alpha value is -2.61. The quantitative estimate of drug-likeness (QED) is 0.412. The first-order valence-corrected chi connectivity index (χ1v) is 11.2. The zero-order chi connectivity index (χ0) is 21.7. The lowest BCUT2D eigenvalue weighted by Crippen LogP contribution is -2.38. The van der Waals surface area contributed by atoms with Crippen LogP contribution in [0.3, 0.4) is 0 Å². The minimum absolute atomic E-state index is 0.0593. The molecular weight excluding hydrogens is 402 g/mol. The Morgan fingerprint density at radius 2 is 2.00 bits per heavy atom. The Bertz CT molecular complexity index is 985. The molecule has 2 aromatic rings. The van der Waals surface area contributed by atoms with E-state index in [1.807, 2.05) is 20.8 Å². The van der Waals surface area contributed by atoms with Crippen molar-refractivity contribution in [3.05, 3.63) is 51.4 Å². The number of unbranched alkanes of at least 4 members (excludes halogenated alkanes) is 1. The number of esters is 1. The normalized spacial score (nSPS) is 15.4. The Kier molecular flexibility index (Phi) is 7.31. The molecule has 1 aliphatic heterocycles. The maximum atomic E-state index is 12.8. The van der Waals surface area contributed by atoms with Gasteiger partial charge in [-0.2, -0.15) is 0 Å². The van der Waals surface area contributed by atoms with Gasteiger partial charge in [0, 0.05) is 29.2 Å². The number of nitrogens with zero attached hydrogens (tertiary/aromatic N) is 2. The summed E-state index contributed by atoms with van der Waals surface area (Å²) in [6.45, 7) is 6.54. The van der Waals surface area contributed by atoms with Gasteiger partial charge in [0.05, 0.1) is 18.1 Å². The van der Waals surface area contributed by atoms with Crippen molar-refractivity contribution in [2.45, 2.75) is 51.7 Å². The SMILES string of the molecule is CCCCOC(=O)c1ccc(NC(=O)C2CSc3nc(C)c(CC)c(=O)n3C2)cc1. The van der Waals surface area contributed by atoms with Crippen molar-refractivity contribution < 1.29 is 14.3 Å². The molecule has 0 saturated carbocycles. The number of aromatic nitrogens is 2. The van der Waals surface area contributed by atoms with E-state index in [9.17, 15) is 14.4 Å². The number of rotatable bonds is 7. The summed E-state index contributed by atoms with van der Waals surface area (Å²) < 4.78 is 6.80. The molecule has 1 aromatic heterocycles. The van der Waals surface area contributed by atoms with Gasteiger partial charge in [0.2, 0.25) is 5.91 Å². The van der Waals surface area contributed by atoms with Crippen LogP contribution >= 0.6 is 11.8 Å². The van der Waals surface area contributed by atoms with Gasteiger partial charge in [-0.25, -0.2) is 9.78 Å². The molecule has 0 bridgehead atoms. The van der Waals surface area contributed by atoms with Crippen LogP contribution in [0.25, 0.3) is 0 Å². The van der Waals surface area contributed by atoms with Crippen LogP contribution in [0.1, 0.15) is 48.3 Å². The fourth-order valence-corrected chi connectivity index (χ4v) is 4.41. The Morgan fingerprint density at radius 1 is 1.27 bits per heavy atom. The van der Waals surface area contributed by atoms with Crippen molar-refractivity contribution in [3.63, 3.8) is 0 Å². The van der Waals surface area contributed by atoms with Gasteiger partial charge in [-0.15, -0.1) is 0 Å². The monoisotopic (exact) mass is 429 g/mol. The molecule has 0 spiro atoms. The van der Waals surface area contributed by atoms with Crippen LogP contribution in [0.4, 0.5) is 5.69 Å². The second-order valence-electron chi connectivity index (χ2n) is 7.29. The number of nitrogens with one attached hydrogen (secondary N) is 1. The van der Waals surface area contributed by atoms with Gasteiger partial charge >= 0.3 is 5.97 Å². The highest BCUT2D eigenvalue weighted by molar-refractivity contribution is 7.99. The summed E-state index contributed by atoms with van der Waals surface area (Å²) in [6, 6.07) is 6.65. The highest BCUT2D eigenvalue weighted by Crippen LogP contribution is 2.27. The average molecular weight is 430 g/mol. The van der Waals surface area contributed by atoms with Gasteiger partial charge in [0.1, 0.15) is 0 Å². The minimum atomic E-state index is -0.365. The van der Waals surface area contributed by atoms with Gasteiger partial charge < -0.3 is 10.1 Å². The fraction of sp³-hybridized carbons (Fsp3) is 0.455. The third-order valence-corrected chi connectivity index (χ3v) is 6.23. The molecule has 1 atom stereocenters. The number of ether oxygens (including phenoxy) is 1. The maximum Gasteiger partial charge on any atom is 0.338 e. The number of benzene rings is 1. The topological polar surface area (TPSA) is 90.3 Å². The van der Waals surface area contributed by atoms with Crippen LogP contribution in [0, 0.1) is 12.8 Å². The number of hydrogen-bond acceptors (Lipinski definition) is 6. The number of hydrogen-bond donors (Lipinski definition) is 1. The number of aryl methyl sites for hydroxylation is 1. The molecule has 30 heavy (non-hydrogen) atoms. The number of carbonyl (C=O) groups is 2. The Balaban J connectivity index is 1.65. The lowest BCUT2D eigenvalue weighted by Gasteiger charge is -2.25. The van der Waals surface area contributed by atoms with E-state index in [0.29, 0.717) is 47.3 Å². The molecule has 1 aliphatic rings. The van der Waals surface area contributed by atoms with Gasteiger partial charge in [0.15, 0.2) is 5.16 Å². The van der Waals surface area contributed by atoms with E-state index in [0.717, 1.165) is 18.5 Å². The van der Waals surface area contributed by atoms with E-state index in [-0.39, 0.29) is 23.4 Å². The first-order chi connectivity index (χ1) is 14.4. The maximum absolute atomic E-state index is 12.8. The number of anilines is 1. The molecule has 0 fully saturated rings. The number of fused-ring (bicyclic) bond motifs is 1. The molecule has 2 heterocycles. The van der Waals surface area contributed by atoms with Crippen molar-refractivity contribution >= 4 is 29.3 Å². The lowest BCUT2D eigenvalue weighted by molar-refractivity contribution is -0.119. The third kappa shape index (κ3) is 4.92. The largest absolute Gasteiger partial charge is 0.462 e. The molecular formula is C22H27N3O4S. The van der Waals surface area contributed by atoms with E-state index in [4.69, 9.17) is 4.74 Å². The van der Waals surface area contributed by atoms with Crippen LogP contribution in [-0.2, 0) is 22.5 Å². The average Bonchev–Trinajstić information content (AvgIpc) is 2.74. The predicted octanol–water partition coefficient (Wildman–Crippen LogP) is 3.43. The van der Waals surface area contributed by atoms with Gasteiger partial charge in [-0.1, -0.05) is 32.0 Å². The molecule has 1 amide bonds. The molecule has 3 rings (SSSR count). The van der Waals surface area contributed by atoms with Crippen LogP contribution in [-0.4, -0.2) is 33.8 Å². The molecule has 8 heteroatoms. The number of carbonyl (C=O) groups excluding carboxylic acids is 2. The van der Waals surface area contributed by atoms with Gasteiger partial charge in [0.25, 0.3) is 5.56 Å².